The molecule has 2 aromatic carbocycles. The van der Waals surface area contributed by atoms with Crippen molar-refractivity contribution in [3.8, 4) is 17.1 Å². The minimum atomic E-state index is -0.145. The molecule has 7 heteroatoms. The highest BCUT2D eigenvalue weighted by molar-refractivity contribution is 7.99. The van der Waals surface area contributed by atoms with Gasteiger partial charge in [-0.05, 0) is 36.8 Å². The van der Waals surface area contributed by atoms with Gasteiger partial charge in [-0.3, -0.25) is 9.36 Å². The summed E-state index contributed by atoms with van der Waals surface area (Å²) in [6, 6.07) is 23.4. The Morgan fingerprint density at radius 3 is 2.48 bits per heavy atom. The van der Waals surface area contributed by atoms with Crippen LogP contribution in [0.3, 0.4) is 0 Å². The van der Waals surface area contributed by atoms with Crippen LogP contribution in [0.15, 0.2) is 84.1 Å². The second-order valence-electron chi connectivity index (χ2n) is 6.34. The number of hydrogen-bond acceptors (Lipinski definition) is 5. The molecule has 4 rings (SSSR count). The number of thioether (sulfide) groups is 1. The van der Waals surface area contributed by atoms with Gasteiger partial charge in [0.15, 0.2) is 11.0 Å². The Bertz CT molecular complexity index is 1110. The number of rotatable bonds is 6. The minimum absolute atomic E-state index is 0.145. The van der Waals surface area contributed by atoms with Gasteiger partial charge in [-0.2, -0.15) is 0 Å². The summed E-state index contributed by atoms with van der Waals surface area (Å²) in [4.78, 5) is 16.5. The van der Waals surface area contributed by atoms with Crippen molar-refractivity contribution in [1.82, 2.24) is 19.7 Å². The van der Waals surface area contributed by atoms with Crippen LogP contribution in [0.25, 0.3) is 17.1 Å². The Morgan fingerprint density at radius 1 is 0.966 bits per heavy atom. The van der Waals surface area contributed by atoms with Crippen molar-refractivity contribution < 1.29 is 4.79 Å². The molecular weight excluding hydrogens is 382 g/mol. The first kappa shape index (κ1) is 18.9. The average molecular weight is 401 g/mol. The molecule has 0 radical (unpaired) electrons. The lowest BCUT2D eigenvalue weighted by atomic mass is 10.1. The predicted molar refractivity (Wildman–Crippen MR) is 115 cm³/mol. The molecule has 0 aliphatic heterocycles. The number of pyridine rings is 1. The first-order valence-corrected chi connectivity index (χ1v) is 10.1. The van der Waals surface area contributed by atoms with E-state index < -0.39 is 0 Å². The fraction of sp³-hybridized carbons (Fsp3) is 0.0909. The van der Waals surface area contributed by atoms with Crippen LogP contribution in [0.2, 0.25) is 0 Å². The standard InChI is InChI=1S/C22H19N5OS/c1-16-9-5-6-12-18(16)21-25-26-22(27(21)17-10-3-2-4-11-17)29-15-20(28)24-19-13-7-8-14-23-19/h2-14H,15H2,1H3,(H,23,24,28). The van der Waals surface area contributed by atoms with Gasteiger partial charge in [-0.1, -0.05) is 60.3 Å². The number of nitrogens with one attached hydrogen (secondary N) is 1. The number of amides is 1. The topological polar surface area (TPSA) is 72.7 Å². The molecule has 0 saturated carbocycles. The molecule has 1 N–H and O–H groups in total. The van der Waals surface area contributed by atoms with Crippen molar-refractivity contribution in [2.24, 2.45) is 0 Å². The Kier molecular flexibility index (Phi) is 5.67. The fourth-order valence-corrected chi connectivity index (χ4v) is 3.67. The number of carbonyl (C=O) groups is 1. The summed E-state index contributed by atoms with van der Waals surface area (Å²) >= 11 is 1.34. The van der Waals surface area contributed by atoms with Crippen LogP contribution in [-0.2, 0) is 4.79 Å². The zero-order valence-corrected chi connectivity index (χ0v) is 16.6. The first-order chi connectivity index (χ1) is 14.2. The van der Waals surface area contributed by atoms with E-state index in [9.17, 15) is 4.79 Å². The summed E-state index contributed by atoms with van der Waals surface area (Å²) < 4.78 is 1.99. The number of aryl methyl sites for hydroxylation is 1. The third-order valence-corrected chi connectivity index (χ3v) is 5.23. The average Bonchev–Trinajstić information content (AvgIpc) is 3.18. The van der Waals surface area contributed by atoms with Crippen LogP contribution in [0.5, 0.6) is 0 Å². The molecule has 0 fully saturated rings. The smallest absolute Gasteiger partial charge is 0.236 e. The molecule has 2 heterocycles. The summed E-state index contributed by atoms with van der Waals surface area (Å²) in [6.45, 7) is 2.05. The molecule has 144 valence electrons. The predicted octanol–water partition coefficient (Wildman–Crippen LogP) is 4.37. The maximum absolute atomic E-state index is 12.3. The van der Waals surface area contributed by atoms with Gasteiger partial charge in [-0.15, -0.1) is 10.2 Å². The van der Waals surface area contributed by atoms with E-state index in [2.05, 4.69) is 20.5 Å². The highest BCUT2D eigenvalue weighted by atomic mass is 32.2. The highest BCUT2D eigenvalue weighted by Crippen LogP contribution is 2.29. The Hall–Kier alpha value is -3.45. The molecule has 0 atom stereocenters. The van der Waals surface area contributed by atoms with Crippen molar-refractivity contribution >= 4 is 23.5 Å². The quantitative estimate of drug-likeness (QED) is 0.486. The summed E-state index contributed by atoms with van der Waals surface area (Å²) in [5.74, 6) is 1.34. The van der Waals surface area contributed by atoms with Gasteiger partial charge < -0.3 is 5.32 Å². The summed E-state index contributed by atoms with van der Waals surface area (Å²) in [6.07, 6.45) is 1.64. The van der Waals surface area contributed by atoms with Crippen LogP contribution < -0.4 is 5.32 Å². The van der Waals surface area contributed by atoms with Gasteiger partial charge in [0.05, 0.1) is 5.75 Å². The van der Waals surface area contributed by atoms with Gasteiger partial charge in [-0.25, -0.2) is 4.98 Å². The first-order valence-electron chi connectivity index (χ1n) is 9.13. The molecule has 0 saturated heterocycles. The van der Waals surface area contributed by atoms with E-state index in [-0.39, 0.29) is 11.7 Å². The number of hydrogen-bond donors (Lipinski definition) is 1. The van der Waals surface area contributed by atoms with E-state index >= 15 is 0 Å². The van der Waals surface area contributed by atoms with E-state index in [1.165, 1.54) is 11.8 Å². The molecule has 6 nitrogen and oxygen atoms in total. The van der Waals surface area contributed by atoms with E-state index in [4.69, 9.17) is 0 Å². The van der Waals surface area contributed by atoms with Crippen molar-refractivity contribution in [2.75, 3.05) is 11.1 Å². The highest BCUT2D eigenvalue weighted by Gasteiger charge is 2.18. The van der Waals surface area contributed by atoms with E-state index in [0.29, 0.717) is 11.0 Å². The number of nitrogens with zero attached hydrogens (tertiary/aromatic N) is 4. The molecule has 0 unspecified atom stereocenters. The normalized spacial score (nSPS) is 10.7. The molecule has 2 aromatic heterocycles. The minimum Gasteiger partial charge on any atom is -0.310 e. The van der Waals surface area contributed by atoms with Crippen LogP contribution in [0, 0.1) is 6.92 Å². The molecule has 1 amide bonds. The molecule has 29 heavy (non-hydrogen) atoms. The Balaban J connectivity index is 1.62. The molecule has 4 aromatic rings. The van der Waals surface area contributed by atoms with Gasteiger partial charge >= 0.3 is 0 Å². The third-order valence-electron chi connectivity index (χ3n) is 4.30. The van der Waals surface area contributed by atoms with Crippen LogP contribution in [0.1, 0.15) is 5.56 Å². The Labute approximate surface area is 173 Å². The lowest BCUT2D eigenvalue weighted by molar-refractivity contribution is -0.113. The van der Waals surface area contributed by atoms with Gasteiger partial charge in [0, 0.05) is 17.4 Å². The lowest BCUT2D eigenvalue weighted by Crippen LogP contribution is -2.15. The van der Waals surface area contributed by atoms with Crippen LogP contribution in [0.4, 0.5) is 5.82 Å². The number of aromatic nitrogens is 4. The molecule has 0 bridgehead atoms. The number of benzene rings is 2. The monoisotopic (exact) mass is 401 g/mol. The fourth-order valence-electron chi connectivity index (χ4n) is 2.92. The SMILES string of the molecule is Cc1ccccc1-c1nnc(SCC(=O)Nc2ccccn2)n1-c1ccccc1. The maximum Gasteiger partial charge on any atom is 0.236 e. The zero-order valence-electron chi connectivity index (χ0n) is 15.8. The van der Waals surface area contributed by atoms with Crippen molar-refractivity contribution in [3.05, 3.63) is 84.6 Å². The lowest BCUT2D eigenvalue weighted by Gasteiger charge is -2.11. The van der Waals surface area contributed by atoms with E-state index in [1.807, 2.05) is 72.2 Å². The number of carbonyl (C=O) groups excluding carboxylic acids is 1. The van der Waals surface area contributed by atoms with Crippen molar-refractivity contribution in [2.45, 2.75) is 12.1 Å². The van der Waals surface area contributed by atoms with E-state index in [1.54, 1.807) is 18.3 Å². The Morgan fingerprint density at radius 2 is 1.72 bits per heavy atom. The van der Waals surface area contributed by atoms with E-state index in [0.717, 1.165) is 22.6 Å². The maximum atomic E-state index is 12.3. The second-order valence-corrected chi connectivity index (χ2v) is 7.29. The third kappa shape index (κ3) is 4.35. The summed E-state index contributed by atoms with van der Waals surface area (Å²) in [7, 11) is 0. The zero-order chi connectivity index (χ0) is 20.1. The summed E-state index contributed by atoms with van der Waals surface area (Å²) in [5.41, 5.74) is 3.07. The van der Waals surface area contributed by atoms with Gasteiger partial charge in [0.25, 0.3) is 0 Å². The number of anilines is 1. The molecule has 0 aliphatic rings. The van der Waals surface area contributed by atoms with Crippen molar-refractivity contribution in [1.29, 1.82) is 0 Å². The van der Waals surface area contributed by atoms with Gasteiger partial charge in [0.2, 0.25) is 5.91 Å². The largest absolute Gasteiger partial charge is 0.310 e. The summed E-state index contributed by atoms with van der Waals surface area (Å²) in [5, 5.41) is 12.3. The number of para-hydroxylation sites is 1. The second kappa shape index (κ2) is 8.70. The van der Waals surface area contributed by atoms with Crippen molar-refractivity contribution in [3.63, 3.8) is 0 Å². The molecule has 0 spiro atoms. The molecule has 0 aliphatic carbocycles. The van der Waals surface area contributed by atoms with Crippen LogP contribution in [-0.4, -0.2) is 31.4 Å². The molecular formula is C22H19N5OS. The van der Waals surface area contributed by atoms with Gasteiger partial charge in [0.1, 0.15) is 5.82 Å². The van der Waals surface area contributed by atoms with Crippen LogP contribution >= 0.6 is 11.8 Å².